The van der Waals surface area contributed by atoms with Gasteiger partial charge in [0.15, 0.2) is 11.7 Å². The van der Waals surface area contributed by atoms with E-state index in [4.69, 9.17) is 4.74 Å². The standard InChI is InChI=1S/C23H32NO3/c25-22(23(26,18-10-4-5-11-18)17-8-2-1-3-9-17)27-21-16-19-12-13-20(21)24(19)14-6-7-15-24/h1-3,8-9,18-21,26H,4-7,10-16H2/q+1. The van der Waals surface area contributed by atoms with Crippen LogP contribution in [0.25, 0.3) is 0 Å². The summed E-state index contributed by atoms with van der Waals surface area (Å²) in [7, 11) is 0. The van der Waals surface area contributed by atoms with E-state index < -0.39 is 11.6 Å². The Morgan fingerprint density at radius 3 is 2.41 bits per heavy atom. The summed E-state index contributed by atoms with van der Waals surface area (Å²) < 4.78 is 7.36. The molecular weight excluding hydrogens is 338 g/mol. The van der Waals surface area contributed by atoms with Crippen molar-refractivity contribution >= 4 is 5.97 Å². The smallest absolute Gasteiger partial charge is 0.343 e. The molecule has 1 saturated carbocycles. The predicted octanol–water partition coefficient (Wildman–Crippen LogP) is 3.52. The van der Waals surface area contributed by atoms with Gasteiger partial charge in [0.05, 0.1) is 19.1 Å². The van der Waals surface area contributed by atoms with Crippen LogP contribution in [0.4, 0.5) is 0 Å². The summed E-state index contributed by atoms with van der Waals surface area (Å²) in [5, 5.41) is 11.7. The molecule has 4 heteroatoms. The maximum absolute atomic E-state index is 13.4. The number of carbonyl (C=O) groups excluding carboxylic acids is 1. The lowest BCUT2D eigenvalue weighted by Gasteiger charge is -2.36. The number of ether oxygens (including phenoxy) is 1. The first kappa shape index (κ1) is 17.7. The van der Waals surface area contributed by atoms with Gasteiger partial charge in [0.2, 0.25) is 0 Å². The average Bonchev–Trinajstić information content (AvgIpc) is 3.49. The largest absolute Gasteiger partial charge is 0.453 e. The van der Waals surface area contributed by atoms with Gasteiger partial charge in [-0.2, -0.15) is 0 Å². The normalized spacial score (nSPS) is 34.2. The first-order chi connectivity index (χ1) is 13.1. The summed E-state index contributed by atoms with van der Waals surface area (Å²) in [5.41, 5.74) is -0.787. The van der Waals surface area contributed by atoms with Crippen LogP contribution < -0.4 is 0 Å². The molecule has 146 valence electrons. The molecule has 4 aliphatic rings. The molecule has 3 aliphatic heterocycles. The Kier molecular flexibility index (Phi) is 4.32. The monoisotopic (exact) mass is 370 g/mol. The lowest BCUT2D eigenvalue weighted by Crippen LogP contribution is -2.52. The van der Waals surface area contributed by atoms with E-state index in [9.17, 15) is 9.90 Å². The molecule has 5 rings (SSSR count). The van der Waals surface area contributed by atoms with Gasteiger partial charge >= 0.3 is 5.97 Å². The van der Waals surface area contributed by atoms with Crippen LogP contribution in [0, 0.1) is 5.92 Å². The van der Waals surface area contributed by atoms with Crippen molar-refractivity contribution in [2.24, 2.45) is 5.92 Å². The fourth-order valence-corrected chi connectivity index (χ4v) is 6.95. The average molecular weight is 371 g/mol. The van der Waals surface area contributed by atoms with E-state index in [0.717, 1.165) is 32.1 Å². The van der Waals surface area contributed by atoms with Gasteiger partial charge in [-0.05, 0) is 18.4 Å². The topological polar surface area (TPSA) is 46.5 Å². The first-order valence-electron chi connectivity index (χ1n) is 11.0. The molecule has 4 nitrogen and oxygen atoms in total. The van der Waals surface area contributed by atoms with Crippen LogP contribution in [0.5, 0.6) is 0 Å². The lowest BCUT2D eigenvalue weighted by atomic mass is 9.80. The van der Waals surface area contributed by atoms with Gasteiger partial charge in [0.25, 0.3) is 0 Å². The number of esters is 1. The van der Waals surface area contributed by atoms with Crippen LogP contribution in [0.1, 0.15) is 63.4 Å². The maximum Gasteiger partial charge on any atom is 0.343 e. The zero-order valence-electron chi connectivity index (χ0n) is 16.2. The van der Waals surface area contributed by atoms with E-state index >= 15 is 0 Å². The van der Waals surface area contributed by atoms with Crippen molar-refractivity contribution in [1.29, 1.82) is 0 Å². The summed E-state index contributed by atoms with van der Waals surface area (Å²) in [6.45, 7) is 2.52. The molecule has 0 radical (unpaired) electrons. The van der Waals surface area contributed by atoms with Gasteiger partial charge in [-0.25, -0.2) is 4.79 Å². The Labute approximate surface area is 162 Å². The zero-order chi connectivity index (χ0) is 18.5. The van der Waals surface area contributed by atoms with Crippen LogP contribution in [-0.2, 0) is 15.1 Å². The molecule has 3 heterocycles. The predicted molar refractivity (Wildman–Crippen MR) is 103 cm³/mol. The summed E-state index contributed by atoms with van der Waals surface area (Å²) in [5.74, 6) is -0.420. The van der Waals surface area contributed by atoms with Crippen LogP contribution in [-0.4, -0.2) is 46.8 Å². The molecule has 4 unspecified atom stereocenters. The summed E-state index contributed by atoms with van der Waals surface area (Å²) in [6.07, 6.45) is 10.0. The van der Waals surface area contributed by atoms with Crippen LogP contribution in [0.15, 0.2) is 30.3 Å². The second-order valence-corrected chi connectivity index (χ2v) is 9.35. The zero-order valence-corrected chi connectivity index (χ0v) is 16.2. The number of benzene rings is 1. The SMILES string of the molecule is O=C(OC1CC2CCC1[N+]21CCCC1)C(O)(c1ccccc1)C1CCCC1. The van der Waals surface area contributed by atoms with E-state index in [1.165, 1.54) is 43.3 Å². The molecule has 4 fully saturated rings. The van der Waals surface area contributed by atoms with Crippen molar-refractivity contribution < 1.29 is 19.1 Å². The van der Waals surface area contributed by atoms with E-state index in [-0.39, 0.29) is 12.0 Å². The Hall–Kier alpha value is -1.39. The highest BCUT2D eigenvalue weighted by Gasteiger charge is 2.62. The number of aliphatic hydroxyl groups is 1. The third-order valence-electron chi connectivity index (χ3n) is 8.25. The number of rotatable bonds is 4. The first-order valence-corrected chi connectivity index (χ1v) is 11.0. The second kappa shape index (κ2) is 6.59. The highest BCUT2D eigenvalue weighted by molar-refractivity contribution is 5.82. The molecular formula is C23H32NO3+. The van der Waals surface area contributed by atoms with Crippen molar-refractivity contribution in [3.05, 3.63) is 35.9 Å². The minimum Gasteiger partial charge on any atom is -0.453 e. The Balaban J connectivity index is 1.40. The Morgan fingerprint density at radius 1 is 1.00 bits per heavy atom. The van der Waals surface area contributed by atoms with Crippen molar-refractivity contribution in [1.82, 2.24) is 0 Å². The van der Waals surface area contributed by atoms with Crippen molar-refractivity contribution in [3.63, 3.8) is 0 Å². The van der Waals surface area contributed by atoms with Gasteiger partial charge in [-0.3, -0.25) is 0 Å². The third-order valence-corrected chi connectivity index (χ3v) is 8.25. The minimum atomic E-state index is -1.49. The van der Waals surface area contributed by atoms with E-state index in [1.807, 2.05) is 30.3 Å². The fourth-order valence-electron chi connectivity index (χ4n) is 6.95. The van der Waals surface area contributed by atoms with Gasteiger partial charge in [-0.15, -0.1) is 0 Å². The quantitative estimate of drug-likeness (QED) is 0.652. The summed E-state index contributed by atoms with van der Waals surface area (Å²) >= 11 is 0. The molecule has 1 N–H and O–H groups in total. The molecule has 0 amide bonds. The number of quaternary nitrogens is 1. The molecule has 27 heavy (non-hydrogen) atoms. The second-order valence-electron chi connectivity index (χ2n) is 9.35. The lowest BCUT2D eigenvalue weighted by molar-refractivity contribution is -0.938. The Bertz CT molecular complexity index is 693. The molecule has 1 aromatic carbocycles. The van der Waals surface area contributed by atoms with Gasteiger partial charge in [0.1, 0.15) is 6.04 Å². The molecule has 1 spiro atoms. The van der Waals surface area contributed by atoms with E-state index in [0.29, 0.717) is 17.6 Å². The van der Waals surface area contributed by atoms with Gasteiger partial charge in [0, 0.05) is 38.0 Å². The molecule has 1 aromatic rings. The number of hydrogen-bond acceptors (Lipinski definition) is 3. The van der Waals surface area contributed by atoms with Crippen molar-refractivity contribution in [2.75, 3.05) is 13.1 Å². The van der Waals surface area contributed by atoms with Crippen LogP contribution in [0.3, 0.4) is 0 Å². The molecule has 2 bridgehead atoms. The van der Waals surface area contributed by atoms with Crippen LogP contribution >= 0.6 is 0 Å². The van der Waals surface area contributed by atoms with E-state index in [2.05, 4.69) is 0 Å². The highest BCUT2D eigenvalue weighted by Crippen LogP contribution is 2.49. The van der Waals surface area contributed by atoms with Crippen molar-refractivity contribution in [2.45, 2.75) is 81.6 Å². The number of carbonyl (C=O) groups is 1. The highest BCUT2D eigenvalue weighted by atomic mass is 16.6. The molecule has 0 aromatic heterocycles. The number of hydrogen-bond donors (Lipinski definition) is 1. The fraction of sp³-hybridized carbons (Fsp3) is 0.696. The van der Waals surface area contributed by atoms with Gasteiger partial charge < -0.3 is 14.3 Å². The molecule has 1 aliphatic carbocycles. The van der Waals surface area contributed by atoms with Crippen LogP contribution in [0.2, 0.25) is 0 Å². The third kappa shape index (κ3) is 2.60. The molecule has 3 saturated heterocycles. The Morgan fingerprint density at radius 2 is 1.70 bits per heavy atom. The summed E-state index contributed by atoms with van der Waals surface area (Å²) in [6, 6.07) is 10.6. The molecule has 4 atom stereocenters. The van der Waals surface area contributed by atoms with E-state index in [1.54, 1.807) is 0 Å². The minimum absolute atomic E-state index is 0.00834. The van der Waals surface area contributed by atoms with Gasteiger partial charge in [-0.1, -0.05) is 43.2 Å². The maximum atomic E-state index is 13.4. The number of nitrogens with zero attached hydrogens (tertiary/aromatic N) is 1. The summed E-state index contributed by atoms with van der Waals surface area (Å²) in [4.78, 5) is 13.4. The van der Waals surface area contributed by atoms with Crippen molar-refractivity contribution in [3.8, 4) is 0 Å².